The molecule has 2 aromatic rings. The average Bonchev–Trinajstić information content (AvgIpc) is 2.71. The van der Waals surface area contributed by atoms with Crippen molar-refractivity contribution in [1.29, 1.82) is 0 Å². The third-order valence-electron chi connectivity index (χ3n) is 5.35. The van der Waals surface area contributed by atoms with Crippen LogP contribution in [0.5, 0.6) is 0 Å². The van der Waals surface area contributed by atoms with Gasteiger partial charge in [0, 0.05) is 31.2 Å². The van der Waals surface area contributed by atoms with E-state index in [0.717, 1.165) is 11.1 Å². The molecule has 1 saturated heterocycles. The van der Waals surface area contributed by atoms with Crippen LogP contribution in [0.15, 0.2) is 41.3 Å². The Hall–Kier alpha value is -1.64. The molecule has 0 aromatic heterocycles. The summed E-state index contributed by atoms with van der Waals surface area (Å²) in [6, 6.07) is 9.90. The molecule has 30 heavy (non-hydrogen) atoms. The number of sulfonamides is 1. The predicted octanol–water partition coefficient (Wildman–Crippen LogP) is 3.94. The molecule has 1 fully saturated rings. The minimum absolute atomic E-state index is 0.204. The highest BCUT2D eigenvalue weighted by Gasteiger charge is 2.32. The Labute approximate surface area is 187 Å². The van der Waals surface area contributed by atoms with E-state index < -0.39 is 16.1 Å². The molecule has 0 bridgehead atoms. The van der Waals surface area contributed by atoms with E-state index in [9.17, 15) is 13.2 Å². The zero-order chi connectivity index (χ0) is 22.1. The maximum atomic E-state index is 13.1. The van der Waals surface area contributed by atoms with Crippen LogP contribution in [0.2, 0.25) is 10.0 Å². The zero-order valence-corrected chi connectivity index (χ0v) is 19.5. The number of rotatable bonds is 5. The molecule has 1 aliphatic heterocycles. The van der Waals surface area contributed by atoms with E-state index in [1.54, 1.807) is 38.1 Å². The van der Waals surface area contributed by atoms with Gasteiger partial charge in [0.2, 0.25) is 15.9 Å². The second-order valence-electron chi connectivity index (χ2n) is 7.50. The Kier molecular flexibility index (Phi) is 7.09. The lowest BCUT2D eigenvalue weighted by molar-refractivity contribution is -0.121. The Morgan fingerprint density at radius 2 is 1.70 bits per heavy atom. The van der Waals surface area contributed by atoms with Gasteiger partial charge in [0.05, 0.1) is 21.6 Å². The van der Waals surface area contributed by atoms with Crippen LogP contribution in [-0.2, 0) is 14.8 Å². The van der Waals surface area contributed by atoms with Gasteiger partial charge in [-0.15, -0.1) is 0 Å². The van der Waals surface area contributed by atoms with Gasteiger partial charge < -0.3 is 5.32 Å². The molecule has 0 radical (unpaired) electrons. The SMILES string of the molecule is Cc1ccc(C)c(S(=O)(=O)N2CCN(C(C)C(=O)Nc3ccc(Cl)cc3Cl)CC2)c1. The molecule has 0 aliphatic carbocycles. The Bertz CT molecular complexity index is 1050. The lowest BCUT2D eigenvalue weighted by Gasteiger charge is -2.37. The van der Waals surface area contributed by atoms with Crippen LogP contribution in [-0.4, -0.2) is 55.8 Å². The molecule has 1 amide bonds. The number of halogens is 2. The Balaban J connectivity index is 1.64. The fraction of sp³-hybridized carbons (Fsp3) is 0.381. The summed E-state index contributed by atoms with van der Waals surface area (Å²) in [5, 5.41) is 3.67. The van der Waals surface area contributed by atoms with Crippen LogP contribution in [0.1, 0.15) is 18.1 Å². The van der Waals surface area contributed by atoms with Gasteiger partial charge in [0.1, 0.15) is 0 Å². The van der Waals surface area contributed by atoms with E-state index in [1.165, 1.54) is 4.31 Å². The molecular formula is C21H25Cl2N3O3S. The molecule has 162 valence electrons. The number of hydrogen-bond acceptors (Lipinski definition) is 4. The number of nitrogens with one attached hydrogen (secondary N) is 1. The minimum atomic E-state index is -3.57. The van der Waals surface area contributed by atoms with Crippen LogP contribution < -0.4 is 5.32 Å². The normalized spacial score (nSPS) is 17.0. The molecule has 3 rings (SSSR count). The van der Waals surface area contributed by atoms with Gasteiger partial charge in [-0.3, -0.25) is 9.69 Å². The van der Waals surface area contributed by atoms with Crippen LogP contribution >= 0.6 is 23.2 Å². The fourth-order valence-electron chi connectivity index (χ4n) is 3.45. The fourth-order valence-corrected chi connectivity index (χ4v) is 5.64. The first kappa shape index (κ1) is 23.0. The summed E-state index contributed by atoms with van der Waals surface area (Å²) in [6.45, 7) is 7.07. The van der Waals surface area contributed by atoms with Crippen molar-refractivity contribution >= 4 is 44.8 Å². The van der Waals surface area contributed by atoms with Crippen molar-refractivity contribution < 1.29 is 13.2 Å². The van der Waals surface area contributed by atoms with Crippen molar-refractivity contribution in [3.05, 3.63) is 57.6 Å². The number of anilines is 1. The highest BCUT2D eigenvalue weighted by Crippen LogP contribution is 2.26. The highest BCUT2D eigenvalue weighted by molar-refractivity contribution is 7.89. The van der Waals surface area contributed by atoms with Crippen LogP contribution in [0.4, 0.5) is 5.69 Å². The Morgan fingerprint density at radius 3 is 2.33 bits per heavy atom. The highest BCUT2D eigenvalue weighted by atomic mass is 35.5. The minimum Gasteiger partial charge on any atom is -0.323 e. The second kappa shape index (κ2) is 9.24. The Morgan fingerprint density at radius 1 is 1.03 bits per heavy atom. The van der Waals surface area contributed by atoms with E-state index >= 15 is 0 Å². The van der Waals surface area contributed by atoms with Crippen LogP contribution in [0, 0.1) is 13.8 Å². The number of carbonyl (C=O) groups is 1. The first-order chi connectivity index (χ1) is 14.1. The van der Waals surface area contributed by atoms with Crippen molar-refractivity contribution in [2.24, 2.45) is 0 Å². The van der Waals surface area contributed by atoms with Gasteiger partial charge in [-0.25, -0.2) is 8.42 Å². The van der Waals surface area contributed by atoms with E-state index in [4.69, 9.17) is 23.2 Å². The van der Waals surface area contributed by atoms with Crippen molar-refractivity contribution in [2.75, 3.05) is 31.5 Å². The standard InChI is InChI=1S/C21H25Cl2N3O3S/c1-14-4-5-15(2)20(12-14)30(28,29)26-10-8-25(9-11-26)16(3)21(27)24-19-7-6-17(22)13-18(19)23/h4-7,12-13,16H,8-11H2,1-3H3,(H,24,27). The quantitative estimate of drug-likeness (QED) is 0.719. The summed E-state index contributed by atoms with van der Waals surface area (Å²) >= 11 is 12.0. The first-order valence-electron chi connectivity index (χ1n) is 9.67. The molecule has 1 heterocycles. The largest absolute Gasteiger partial charge is 0.323 e. The summed E-state index contributed by atoms with van der Waals surface area (Å²) in [5.74, 6) is -0.204. The van der Waals surface area contributed by atoms with Gasteiger partial charge in [-0.2, -0.15) is 4.31 Å². The van der Waals surface area contributed by atoms with E-state index in [2.05, 4.69) is 5.32 Å². The molecule has 6 nitrogen and oxygen atoms in total. The monoisotopic (exact) mass is 469 g/mol. The lowest BCUT2D eigenvalue weighted by atomic mass is 10.2. The summed E-state index contributed by atoms with van der Waals surface area (Å²) in [5.41, 5.74) is 2.13. The molecular weight excluding hydrogens is 445 g/mol. The third-order valence-corrected chi connectivity index (χ3v) is 7.94. The molecule has 2 aromatic carbocycles. The van der Waals surface area contributed by atoms with E-state index in [1.807, 2.05) is 24.0 Å². The number of carbonyl (C=O) groups excluding carboxylic acids is 1. The number of aryl methyl sites for hydroxylation is 2. The summed E-state index contributed by atoms with van der Waals surface area (Å²) < 4.78 is 27.7. The van der Waals surface area contributed by atoms with Crippen molar-refractivity contribution in [2.45, 2.75) is 31.7 Å². The van der Waals surface area contributed by atoms with Gasteiger partial charge in [0.25, 0.3) is 0 Å². The van der Waals surface area contributed by atoms with Crippen molar-refractivity contribution in [1.82, 2.24) is 9.21 Å². The molecule has 1 N–H and O–H groups in total. The maximum Gasteiger partial charge on any atom is 0.243 e. The average molecular weight is 470 g/mol. The number of amides is 1. The van der Waals surface area contributed by atoms with Crippen LogP contribution in [0.25, 0.3) is 0 Å². The topological polar surface area (TPSA) is 69.7 Å². The molecule has 1 atom stereocenters. The molecule has 0 spiro atoms. The first-order valence-corrected chi connectivity index (χ1v) is 11.9. The van der Waals surface area contributed by atoms with E-state index in [0.29, 0.717) is 46.8 Å². The van der Waals surface area contributed by atoms with Crippen molar-refractivity contribution in [3.8, 4) is 0 Å². The maximum absolute atomic E-state index is 13.1. The van der Waals surface area contributed by atoms with Crippen LogP contribution in [0.3, 0.4) is 0 Å². The van der Waals surface area contributed by atoms with Gasteiger partial charge >= 0.3 is 0 Å². The van der Waals surface area contributed by atoms with Gasteiger partial charge in [0.15, 0.2) is 0 Å². The van der Waals surface area contributed by atoms with Gasteiger partial charge in [-0.05, 0) is 56.2 Å². The second-order valence-corrected chi connectivity index (χ2v) is 10.2. The summed E-state index contributed by atoms with van der Waals surface area (Å²) in [6.07, 6.45) is 0. The van der Waals surface area contributed by atoms with Crippen molar-refractivity contribution in [3.63, 3.8) is 0 Å². The molecule has 1 unspecified atom stereocenters. The molecule has 9 heteroatoms. The van der Waals surface area contributed by atoms with Gasteiger partial charge in [-0.1, -0.05) is 35.3 Å². The predicted molar refractivity (Wildman–Crippen MR) is 121 cm³/mol. The molecule has 0 saturated carbocycles. The third kappa shape index (κ3) is 4.98. The molecule has 1 aliphatic rings. The number of nitrogens with zero attached hydrogens (tertiary/aromatic N) is 2. The number of benzene rings is 2. The smallest absolute Gasteiger partial charge is 0.243 e. The zero-order valence-electron chi connectivity index (χ0n) is 17.2. The number of hydrogen-bond donors (Lipinski definition) is 1. The number of piperazine rings is 1. The summed E-state index contributed by atoms with van der Waals surface area (Å²) in [7, 11) is -3.57. The summed E-state index contributed by atoms with van der Waals surface area (Å²) in [4.78, 5) is 15.0. The lowest BCUT2D eigenvalue weighted by Crippen LogP contribution is -2.54. The van der Waals surface area contributed by atoms with E-state index in [-0.39, 0.29) is 5.91 Å².